The molecule has 0 aliphatic heterocycles. The second kappa shape index (κ2) is 8.55. The number of nitrogens with one attached hydrogen (secondary N) is 1. The molecule has 6 heteroatoms. The zero-order valence-electron chi connectivity index (χ0n) is 17.5. The Morgan fingerprint density at radius 3 is 2.48 bits per heavy atom. The number of rotatable bonds is 6. The zero-order valence-corrected chi connectivity index (χ0v) is 17.5. The maximum absolute atomic E-state index is 13.2. The lowest BCUT2D eigenvalue weighted by molar-refractivity contribution is 0.447. The molecule has 2 aromatic rings. The van der Waals surface area contributed by atoms with Gasteiger partial charge in [0.25, 0.3) is 0 Å². The number of aromatic nitrogens is 2. The molecule has 0 aliphatic rings. The number of nitrogens with zero attached hydrogens (tertiary/aromatic N) is 4. The molecule has 0 unspecified atom stereocenters. The Kier molecular flexibility index (Phi) is 6.63. The van der Waals surface area contributed by atoms with E-state index in [0.717, 1.165) is 23.8 Å². The molecule has 1 N–H and O–H groups in total. The lowest BCUT2D eigenvalue weighted by Crippen LogP contribution is -2.44. The fourth-order valence-electron chi connectivity index (χ4n) is 3.18. The zero-order chi connectivity index (χ0) is 20.2. The first-order valence-electron chi connectivity index (χ1n) is 9.34. The molecule has 0 radical (unpaired) electrons. The summed E-state index contributed by atoms with van der Waals surface area (Å²) in [6, 6.07) is 6.70. The molecule has 5 nitrogen and oxygen atoms in total. The smallest absolute Gasteiger partial charge is 0.193 e. The van der Waals surface area contributed by atoms with Gasteiger partial charge in [-0.2, -0.15) is 5.10 Å². The molecule has 1 aromatic carbocycles. The molecule has 0 saturated heterocycles. The molecule has 148 valence electrons. The van der Waals surface area contributed by atoms with Crippen LogP contribution in [0.5, 0.6) is 0 Å². The summed E-state index contributed by atoms with van der Waals surface area (Å²) in [5.74, 6) is 0.987. The van der Waals surface area contributed by atoms with E-state index in [1.807, 2.05) is 30.9 Å². The van der Waals surface area contributed by atoms with Gasteiger partial charge < -0.3 is 10.2 Å². The third kappa shape index (κ3) is 5.31. The quantitative estimate of drug-likeness (QED) is 0.621. The first kappa shape index (κ1) is 20.9. The predicted octanol–water partition coefficient (Wildman–Crippen LogP) is 3.67. The van der Waals surface area contributed by atoms with Crippen molar-refractivity contribution >= 4 is 5.96 Å². The van der Waals surface area contributed by atoms with E-state index >= 15 is 0 Å². The molecule has 1 heterocycles. The normalized spacial score (nSPS) is 12.6. The van der Waals surface area contributed by atoms with Crippen LogP contribution in [0.4, 0.5) is 4.39 Å². The third-order valence-electron chi connectivity index (χ3n) is 4.78. The molecule has 0 bridgehead atoms. The molecule has 0 spiro atoms. The van der Waals surface area contributed by atoms with Crippen LogP contribution in [0.1, 0.15) is 50.4 Å². The van der Waals surface area contributed by atoms with Gasteiger partial charge in [-0.05, 0) is 23.6 Å². The Balaban J connectivity index is 2.05. The van der Waals surface area contributed by atoms with Crippen LogP contribution in [0.25, 0.3) is 0 Å². The van der Waals surface area contributed by atoms with E-state index < -0.39 is 0 Å². The lowest BCUT2D eigenvalue weighted by Gasteiger charge is -2.29. The summed E-state index contributed by atoms with van der Waals surface area (Å²) in [6.07, 6.45) is 2.07. The summed E-state index contributed by atoms with van der Waals surface area (Å²) >= 11 is 0. The molecule has 0 saturated carbocycles. The fourth-order valence-corrected chi connectivity index (χ4v) is 3.18. The molecule has 2 rings (SSSR count). The monoisotopic (exact) mass is 373 g/mol. The first-order valence-corrected chi connectivity index (χ1v) is 9.34. The maximum Gasteiger partial charge on any atom is 0.193 e. The summed E-state index contributed by atoms with van der Waals surface area (Å²) in [5.41, 5.74) is 3.26. The van der Waals surface area contributed by atoms with Gasteiger partial charge in [0.05, 0.1) is 5.69 Å². The average Bonchev–Trinajstić information content (AvgIpc) is 2.96. The van der Waals surface area contributed by atoms with Crippen molar-refractivity contribution in [3.8, 4) is 0 Å². The largest absolute Gasteiger partial charge is 0.355 e. The Labute approximate surface area is 162 Å². The predicted molar refractivity (Wildman–Crippen MR) is 110 cm³/mol. The van der Waals surface area contributed by atoms with Gasteiger partial charge in [-0.3, -0.25) is 9.67 Å². The SMILES string of the molecule is CN=C(NCC(C)(C)c1ccc(F)cc1)N(C)Cc1cn(C)nc1C(C)C. The summed E-state index contributed by atoms with van der Waals surface area (Å²) in [5, 5.41) is 8.03. The van der Waals surface area contributed by atoms with Crippen molar-refractivity contribution in [2.24, 2.45) is 12.0 Å². The highest BCUT2D eigenvalue weighted by molar-refractivity contribution is 5.79. The molecule has 1 aromatic heterocycles. The van der Waals surface area contributed by atoms with Crippen LogP contribution >= 0.6 is 0 Å². The second-order valence-electron chi connectivity index (χ2n) is 8.02. The number of aryl methyl sites for hydroxylation is 1. The van der Waals surface area contributed by atoms with E-state index in [1.54, 1.807) is 7.05 Å². The molecular weight excluding hydrogens is 341 g/mol. The summed E-state index contributed by atoms with van der Waals surface area (Å²) < 4.78 is 15.1. The van der Waals surface area contributed by atoms with Crippen molar-refractivity contribution in [1.82, 2.24) is 20.0 Å². The van der Waals surface area contributed by atoms with Crippen molar-refractivity contribution in [1.29, 1.82) is 0 Å². The number of guanidine groups is 1. The van der Waals surface area contributed by atoms with Gasteiger partial charge in [-0.25, -0.2) is 4.39 Å². The van der Waals surface area contributed by atoms with E-state index in [1.165, 1.54) is 17.7 Å². The molecule has 0 atom stereocenters. The Morgan fingerprint density at radius 1 is 1.30 bits per heavy atom. The summed E-state index contributed by atoms with van der Waals surface area (Å²) in [7, 11) is 5.77. The number of hydrogen-bond donors (Lipinski definition) is 1. The summed E-state index contributed by atoms with van der Waals surface area (Å²) in [4.78, 5) is 6.52. The van der Waals surface area contributed by atoms with E-state index in [9.17, 15) is 4.39 Å². The van der Waals surface area contributed by atoms with Crippen molar-refractivity contribution in [2.75, 3.05) is 20.6 Å². The van der Waals surface area contributed by atoms with Crippen LogP contribution < -0.4 is 5.32 Å². The average molecular weight is 374 g/mol. The van der Waals surface area contributed by atoms with Crippen LogP contribution in [-0.4, -0.2) is 41.3 Å². The molecule has 0 aliphatic carbocycles. The summed E-state index contributed by atoms with van der Waals surface area (Å²) in [6.45, 7) is 10.0. The topological polar surface area (TPSA) is 45.5 Å². The van der Waals surface area contributed by atoms with Crippen molar-refractivity contribution in [3.05, 3.63) is 53.1 Å². The van der Waals surface area contributed by atoms with Gasteiger partial charge in [-0.15, -0.1) is 0 Å². The third-order valence-corrected chi connectivity index (χ3v) is 4.78. The van der Waals surface area contributed by atoms with Crippen LogP contribution in [0.2, 0.25) is 0 Å². The molecule has 27 heavy (non-hydrogen) atoms. The van der Waals surface area contributed by atoms with Crippen molar-refractivity contribution in [3.63, 3.8) is 0 Å². The minimum atomic E-state index is -0.213. The van der Waals surface area contributed by atoms with E-state index in [4.69, 9.17) is 0 Å². The number of benzene rings is 1. The van der Waals surface area contributed by atoms with E-state index in [0.29, 0.717) is 12.5 Å². The molecule has 0 fully saturated rings. The van der Waals surface area contributed by atoms with E-state index in [2.05, 4.69) is 54.2 Å². The number of halogens is 1. The van der Waals surface area contributed by atoms with Crippen LogP contribution in [0.15, 0.2) is 35.5 Å². The number of aliphatic imine (C=N–C) groups is 1. The Morgan fingerprint density at radius 2 is 1.93 bits per heavy atom. The minimum absolute atomic E-state index is 0.151. The van der Waals surface area contributed by atoms with Crippen LogP contribution in [0.3, 0.4) is 0 Å². The first-order chi connectivity index (χ1) is 12.6. The van der Waals surface area contributed by atoms with Crippen molar-refractivity contribution in [2.45, 2.75) is 45.6 Å². The van der Waals surface area contributed by atoms with Crippen molar-refractivity contribution < 1.29 is 4.39 Å². The fraction of sp³-hybridized carbons (Fsp3) is 0.524. The highest BCUT2D eigenvalue weighted by Crippen LogP contribution is 2.23. The van der Waals surface area contributed by atoms with Gasteiger partial charge in [0.2, 0.25) is 0 Å². The Hall–Kier alpha value is -2.37. The highest BCUT2D eigenvalue weighted by Gasteiger charge is 2.22. The van der Waals surface area contributed by atoms with Gasteiger partial charge in [0.1, 0.15) is 5.82 Å². The second-order valence-corrected chi connectivity index (χ2v) is 8.02. The van der Waals surface area contributed by atoms with Crippen LogP contribution in [0, 0.1) is 5.82 Å². The molecule has 0 amide bonds. The van der Waals surface area contributed by atoms with Crippen LogP contribution in [-0.2, 0) is 19.0 Å². The Bertz CT molecular complexity index is 774. The van der Waals surface area contributed by atoms with Gasteiger partial charge in [-0.1, -0.05) is 39.8 Å². The molecular formula is C21H32FN5. The maximum atomic E-state index is 13.2. The number of hydrogen-bond acceptors (Lipinski definition) is 2. The highest BCUT2D eigenvalue weighted by atomic mass is 19.1. The van der Waals surface area contributed by atoms with Gasteiger partial charge in [0.15, 0.2) is 5.96 Å². The lowest BCUT2D eigenvalue weighted by atomic mass is 9.84. The standard InChI is InChI=1S/C21H32FN5/c1-15(2)19-16(13-27(7)25-19)12-26(6)20(23-5)24-14-21(3,4)17-8-10-18(22)11-9-17/h8-11,13,15H,12,14H2,1-7H3,(H,23,24). The van der Waals surface area contributed by atoms with Gasteiger partial charge >= 0.3 is 0 Å². The minimum Gasteiger partial charge on any atom is -0.355 e. The van der Waals surface area contributed by atoms with Gasteiger partial charge in [0, 0.05) is 51.4 Å². The van der Waals surface area contributed by atoms with E-state index in [-0.39, 0.29) is 11.2 Å².